The molecule has 4 aromatic rings. The van der Waals surface area contributed by atoms with Gasteiger partial charge in [0.2, 0.25) is 0 Å². The van der Waals surface area contributed by atoms with Crippen LogP contribution in [0.15, 0.2) is 82.6 Å². The number of hydrogen-bond donors (Lipinski definition) is 2. The Morgan fingerprint density at radius 3 is 2.43 bits per heavy atom. The van der Waals surface area contributed by atoms with Crippen LogP contribution < -0.4 is 26.2 Å². The fraction of sp³-hybridized carbons (Fsp3) is 0.0870. The summed E-state index contributed by atoms with van der Waals surface area (Å²) in [6.07, 6.45) is 3.22. The van der Waals surface area contributed by atoms with Crippen molar-refractivity contribution in [1.29, 1.82) is 0 Å². The van der Waals surface area contributed by atoms with E-state index in [2.05, 4.69) is 15.6 Å². The molecule has 0 fully saturated rings. The zero-order chi connectivity index (χ0) is 20.9. The number of anilines is 3. The van der Waals surface area contributed by atoms with Gasteiger partial charge in [-0.25, -0.2) is 0 Å². The average Bonchev–Trinajstić information content (AvgIpc) is 2.79. The molecule has 1 heterocycles. The van der Waals surface area contributed by atoms with Crippen LogP contribution >= 0.6 is 11.6 Å². The van der Waals surface area contributed by atoms with E-state index in [9.17, 15) is 9.59 Å². The smallest absolute Gasteiger partial charge is 0.253 e. The topological polar surface area (TPSA) is 80.3 Å². The minimum absolute atomic E-state index is 0.259. The number of benzene rings is 2. The van der Waals surface area contributed by atoms with E-state index in [1.807, 2.05) is 36.4 Å². The van der Waals surface area contributed by atoms with Crippen LogP contribution in [-0.2, 0) is 13.2 Å². The lowest BCUT2D eigenvalue weighted by Crippen LogP contribution is -2.36. The van der Waals surface area contributed by atoms with E-state index < -0.39 is 10.9 Å². The van der Waals surface area contributed by atoms with Gasteiger partial charge in [0.15, 0.2) is 0 Å². The van der Waals surface area contributed by atoms with Crippen LogP contribution in [0.5, 0.6) is 5.75 Å². The molecular weight excluding hydrogens is 402 g/mol. The Kier molecular flexibility index (Phi) is 5.77. The number of ether oxygens (including phenoxy) is 1. The summed E-state index contributed by atoms with van der Waals surface area (Å²) in [5.74, 6) is 0.734. The van der Waals surface area contributed by atoms with Crippen LogP contribution in [0.1, 0.15) is 11.1 Å². The Balaban J connectivity index is 1.39. The predicted molar refractivity (Wildman–Crippen MR) is 118 cm³/mol. The van der Waals surface area contributed by atoms with Crippen LogP contribution in [-0.4, -0.2) is 4.98 Å². The van der Waals surface area contributed by atoms with Gasteiger partial charge in [-0.1, -0.05) is 35.9 Å². The first-order valence-corrected chi connectivity index (χ1v) is 9.68. The Morgan fingerprint density at radius 1 is 0.900 bits per heavy atom. The van der Waals surface area contributed by atoms with Crippen molar-refractivity contribution in [2.45, 2.75) is 13.2 Å². The summed E-state index contributed by atoms with van der Waals surface area (Å²) >= 11 is 5.88. The van der Waals surface area contributed by atoms with Crippen molar-refractivity contribution in [2.75, 3.05) is 10.6 Å². The highest BCUT2D eigenvalue weighted by atomic mass is 35.5. The highest BCUT2D eigenvalue weighted by molar-refractivity contribution is 6.30. The molecule has 1 aromatic heterocycles. The van der Waals surface area contributed by atoms with Crippen molar-refractivity contribution in [1.82, 2.24) is 4.98 Å². The molecule has 4 rings (SSSR count). The molecule has 0 radical (unpaired) electrons. The Bertz CT molecular complexity index is 1220. The third kappa shape index (κ3) is 4.50. The molecule has 0 saturated carbocycles. The van der Waals surface area contributed by atoms with Gasteiger partial charge in [-0.2, -0.15) is 0 Å². The molecule has 0 aliphatic carbocycles. The van der Waals surface area contributed by atoms with Gasteiger partial charge in [0.1, 0.15) is 23.7 Å². The number of halogens is 1. The third-order valence-corrected chi connectivity index (χ3v) is 4.77. The molecule has 6 nitrogen and oxygen atoms in total. The molecule has 0 amide bonds. The number of pyridine rings is 1. The molecule has 0 spiro atoms. The normalized spacial score (nSPS) is 10.7. The number of nitrogens with one attached hydrogen (secondary N) is 2. The number of rotatable bonds is 8. The summed E-state index contributed by atoms with van der Waals surface area (Å²) in [6, 6.07) is 18.5. The Morgan fingerprint density at radius 2 is 1.67 bits per heavy atom. The van der Waals surface area contributed by atoms with Crippen molar-refractivity contribution >= 4 is 28.7 Å². The van der Waals surface area contributed by atoms with Crippen LogP contribution in [0.25, 0.3) is 0 Å². The fourth-order valence-electron chi connectivity index (χ4n) is 2.98. The molecule has 2 N–H and O–H groups in total. The van der Waals surface area contributed by atoms with E-state index in [0.29, 0.717) is 23.9 Å². The predicted octanol–water partition coefficient (Wildman–Crippen LogP) is 4.27. The lowest BCUT2D eigenvalue weighted by Gasteiger charge is -2.15. The van der Waals surface area contributed by atoms with Gasteiger partial charge in [0.25, 0.3) is 10.9 Å². The largest absolute Gasteiger partial charge is 0.489 e. The SMILES string of the molecule is O=c1c(NCc2cccc(COc3ccc(Cl)cc3)c2)c(Nc2cccnc2)c1=O. The summed E-state index contributed by atoms with van der Waals surface area (Å²) in [7, 11) is 0. The maximum atomic E-state index is 12.0. The first-order valence-electron chi connectivity index (χ1n) is 9.30. The van der Waals surface area contributed by atoms with E-state index in [1.54, 1.807) is 36.7 Å². The van der Waals surface area contributed by atoms with Crippen LogP contribution in [0.2, 0.25) is 5.02 Å². The van der Waals surface area contributed by atoms with Gasteiger partial charge in [0, 0.05) is 17.8 Å². The molecule has 30 heavy (non-hydrogen) atoms. The molecule has 0 aliphatic rings. The van der Waals surface area contributed by atoms with Gasteiger partial charge in [0.05, 0.1) is 11.9 Å². The average molecular weight is 420 g/mol. The third-order valence-electron chi connectivity index (χ3n) is 4.52. The summed E-state index contributed by atoms with van der Waals surface area (Å²) < 4.78 is 5.77. The Labute approximate surface area is 177 Å². The van der Waals surface area contributed by atoms with Gasteiger partial charge >= 0.3 is 0 Å². The molecule has 0 aliphatic heterocycles. The lowest BCUT2D eigenvalue weighted by molar-refractivity contribution is 0.306. The first-order chi connectivity index (χ1) is 14.6. The van der Waals surface area contributed by atoms with Crippen molar-refractivity contribution in [3.8, 4) is 5.75 Å². The maximum absolute atomic E-state index is 12.0. The van der Waals surface area contributed by atoms with Gasteiger partial charge in [-0.15, -0.1) is 0 Å². The second-order valence-electron chi connectivity index (χ2n) is 6.69. The molecule has 0 saturated heterocycles. The highest BCUT2D eigenvalue weighted by Gasteiger charge is 2.20. The second kappa shape index (κ2) is 8.80. The fourth-order valence-corrected chi connectivity index (χ4v) is 3.10. The zero-order valence-electron chi connectivity index (χ0n) is 15.9. The molecule has 0 unspecified atom stereocenters. The van der Waals surface area contributed by atoms with E-state index in [0.717, 1.165) is 16.9 Å². The van der Waals surface area contributed by atoms with E-state index in [1.165, 1.54) is 0 Å². The monoisotopic (exact) mass is 419 g/mol. The van der Waals surface area contributed by atoms with Gasteiger partial charge < -0.3 is 15.4 Å². The summed E-state index contributed by atoms with van der Waals surface area (Å²) in [4.78, 5) is 27.9. The van der Waals surface area contributed by atoms with Crippen LogP contribution in [0, 0.1) is 0 Å². The zero-order valence-corrected chi connectivity index (χ0v) is 16.6. The van der Waals surface area contributed by atoms with Gasteiger partial charge in [-0.3, -0.25) is 14.6 Å². The molecule has 7 heteroatoms. The second-order valence-corrected chi connectivity index (χ2v) is 7.13. The lowest BCUT2D eigenvalue weighted by atomic mass is 10.1. The molecule has 0 bridgehead atoms. The highest BCUT2D eigenvalue weighted by Crippen LogP contribution is 2.21. The van der Waals surface area contributed by atoms with E-state index >= 15 is 0 Å². The molecule has 0 atom stereocenters. The quantitative estimate of drug-likeness (QED) is 0.415. The van der Waals surface area contributed by atoms with Crippen molar-refractivity contribution in [3.05, 3.63) is 110 Å². The minimum atomic E-state index is -0.536. The maximum Gasteiger partial charge on any atom is 0.253 e. The summed E-state index contributed by atoms with van der Waals surface area (Å²) in [6.45, 7) is 0.810. The Hall–Kier alpha value is -3.64. The van der Waals surface area contributed by atoms with Crippen molar-refractivity contribution < 1.29 is 4.74 Å². The van der Waals surface area contributed by atoms with Crippen LogP contribution in [0.3, 0.4) is 0 Å². The minimum Gasteiger partial charge on any atom is -0.489 e. The van der Waals surface area contributed by atoms with Crippen molar-refractivity contribution in [2.24, 2.45) is 0 Å². The van der Waals surface area contributed by atoms with Crippen molar-refractivity contribution in [3.63, 3.8) is 0 Å². The molecular formula is C23H18ClN3O3. The van der Waals surface area contributed by atoms with Gasteiger partial charge in [-0.05, 0) is 47.5 Å². The molecule has 150 valence electrons. The van der Waals surface area contributed by atoms with Crippen LogP contribution in [0.4, 0.5) is 17.1 Å². The standard InChI is InChI=1S/C23H18ClN3O3/c24-17-6-8-19(9-7-17)30-14-16-4-1-3-15(11-16)12-26-20-21(23(29)22(20)28)27-18-5-2-10-25-13-18/h1-11,13,26-27H,12,14H2. The van der Waals surface area contributed by atoms with E-state index in [-0.39, 0.29) is 11.4 Å². The number of aromatic nitrogens is 1. The summed E-state index contributed by atoms with van der Waals surface area (Å²) in [5.41, 5.74) is 2.08. The number of nitrogens with zero attached hydrogens (tertiary/aromatic N) is 1. The number of hydrogen-bond acceptors (Lipinski definition) is 6. The molecule has 3 aromatic carbocycles. The van der Waals surface area contributed by atoms with E-state index in [4.69, 9.17) is 16.3 Å². The summed E-state index contributed by atoms with van der Waals surface area (Å²) in [5, 5.41) is 6.68. The first kappa shape index (κ1) is 19.7.